The summed E-state index contributed by atoms with van der Waals surface area (Å²) in [6.07, 6.45) is 0. The molecule has 3 aromatic carbocycles. The minimum absolute atomic E-state index is 1.28. The molecule has 20 heavy (non-hydrogen) atoms. The lowest BCUT2D eigenvalue weighted by molar-refractivity contribution is -0.617. The number of para-hydroxylation sites is 1. The Balaban J connectivity index is 2.38. The Morgan fingerprint density at radius 1 is 0.700 bits per heavy atom. The molecule has 0 aliphatic carbocycles. The highest BCUT2D eigenvalue weighted by Crippen LogP contribution is 2.30. The van der Waals surface area contributed by atoms with E-state index in [0.717, 1.165) is 0 Å². The van der Waals surface area contributed by atoms with Crippen LogP contribution in [0.15, 0.2) is 60.7 Å². The van der Waals surface area contributed by atoms with Crippen LogP contribution >= 0.6 is 0 Å². The van der Waals surface area contributed by atoms with E-state index in [1.165, 1.54) is 38.1 Å². The number of rotatable bonds is 0. The Bertz CT molecular complexity index is 967. The van der Waals surface area contributed by atoms with Crippen molar-refractivity contribution in [2.75, 3.05) is 0 Å². The fourth-order valence-electron chi connectivity index (χ4n) is 3.28. The van der Waals surface area contributed by atoms with Crippen molar-refractivity contribution in [3.8, 4) is 0 Å². The van der Waals surface area contributed by atoms with Gasteiger partial charge in [0.15, 0.2) is 0 Å². The Morgan fingerprint density at radius 3 is 2.25 bits per heavy atom. The zero-order valence-electron chi connectivity index (χ0n) is 11.7. The molecule has 0 unspecified atom stereocenters. The Labute approximate surface area is 118 Å². The largest absolute Gasteiger partial charge is 0.213 e. The molecular formula is C19H16N+. The van der Waals surface area contributed by atoms with E-state index in [4.69, 9.17) is 0 Å². The molecule has 1 nitrogen and oxygen atoms in total. The maximum atomic E-state index is 2.30. The highest BCUT2D eigenvalue weighted by Gasteiger charge is 2.16. The third kappa shape index (κ3) is 1.41. The van der Waals surface area contributed by atoms with Gasteiger partial charge >= 0.3 is 0 Å². The molecule has 0 fully saturated rings. The van der Waals surface area contributed by atoms with Gasteiger partial charge in [0.1, 0.15) is 7.05 Å². The van der Waals surface area contributed by atoms with E-state index in [0.29, 0.717) is 0 Å². The summed E-state index contributed by atoms with van der Waals surface area (Å²) >= 11 is 0. The molecule has 0 bridgehead atoms. The van der Waals surface area contributed by atoms with Crippen LogP contribution in [0.2, 0.25) is 0 Å². The van der Waals surface area contributed by atoms with E-state index in [1.54, 1.807) is 0 Å². The van der Waals surface area contributed by atoms with Crippen LogP contribution in [0, 0.1) is 6.92 Å². The van der Waals surface area contributed by atoms with Gasteiger partial charge in [0.05, 0.1) is 5.39 Å². The summed E-state index contributed by atoms with van der Waals surface area (Å²) in [5, 5.41) is 5.34. The lowest BCUT2D eigenvalue weighted by Crippen LogP contribution is -2.30. The molecule has 4 rings (SSSR count). The van der Waals surface area contributed by atoms with Crippen LogP contribution < -0.4 is 4.57 Å². The summed E-state index contributed by atoms with van der Waals surface area (Å²) in [5.41, 5.74) is 3.94. The highest BCUT2D eigenvalue weighted by molar-refractivity contribution is 6.10. The van der Waals surface area contributed by atoms with Gasteiger partial charge in [-0.05, 0) is 35.4 Å². The van der Waals surface area contributed by atoms with Gasteiger partial charge in [0, 0.05) is 17.5 Å². The molecule has 0 atom stereocenters. The molecule has 0 amide bonds. The number of hydrogen-bond donors (Lipinski definition) is 0. The lowest BCUT2D eigenvalue weighted by atomic mass is 9.98. The Hall–Kier alpha value is -2.41. The SMILES string of the molecule is Cc1c2ccccc2[n+](C)c2ccc3ccccc3c12. The van der Waals surface area contributed by atoms with Crippen LogP contribution in [0.3, 0.4) is 0 Å². The van der Waals surface area contributed by atoms with E-state index in [9.17, 15) is 0 Å². The quantitative estimate of drug-likeness (QED) is 0.252. The van der Waals surface area contributed by atoms with Crippen LogP contribution in [0.1, 0.15) is 5.56 Å². The molecular weight excluding hydrogens is 242 g/mol. The van der Waals surface area contributed by atoms with Crippen molar-refractivity contribution in [1.29, 1.82) is 0 Å². The molecule has 1 heteroatoms. The van der Waals surface area contributed by atoms with Crippen molar-refractivity contribution in [2.45, 2.75) is 6.92 Å². The molecule has 1 heterocycles. The molecule has 96 valence electrons. The standard InChI is InChI=1S/C19H16N/c1-13-15-8-5-6-10-17(15)20(2)18-12-11-14-7-3-4-9-16(14)19(13)18/h3-12H,1-2H3/q+1. The molecule has 0 aliphatic heterocycles. The Kier molecular flexibility index (Phi) is 2.31. The second-order valence-electron chi connectivity index (χ2n) is 5.38. The zero-order chi connectivity index (χ0) is 13.7. The van der Waals surface area contributed by atoms with Gasteiger partial charge in [-0.3, -0.25) is 0 Å². The second-order valence-corrected chi connectivity index (χ2v) is 5.38. The second kappa shape index (κ2) is 4.04. The van der Waals surface area contributed by atoms with Gasteiger partial charge in [0.2, 0.25) is 11.0 Å². The predicted octanol–water partition coefficient (Wildman–Crippen LogP) is 4.28. The smallest absolute Gasteiger partial charge is 0.194 e. The highest BCUT2D eigenvalue weighted by atomic mass is 14.9. The lowest BCUT2D eigenvalue weighted by Gasteiger charge is -2.09. The van der Waals surface area contributed by atoms with E-state index in [-0.39, 0.29) is 0 Å². The van der Waals surface area contributed by atoms with E-state index >= 15 is 0 Å². The van der Waals surface area contributed by atoms with E-state index < -0.39 is 0 Å². The Morgan fingerprint density at radius 2 is 1.40 bits per heavy atom. The normalized spacial score (nSPS) is 11.5. The summed E-state index contributed by atoms with van der Waals surface area (Å²) in [5.74, 6) is 0. The van der Waals surface area contributed by atoms with Crippen LogP contribution in [0.4, 0.5) is 0 Å². The summed E-state index contributed by atoms with van der Waals surface area (Å²) < 4.78 is 2.30. The van der Waals surface area contributed by atoms with Gasteiger partial charge in [0.25, 0.3) is 0 Å². The van der Waals surface area contributed by atoms with E-state index in [1.807, 2.05) is 0 Å². The first-order valence-electron chi connectivity index (χ1n) is 6.96. The van der Waals surface area contributed by atoms with Crippen LogP contribution in [-0.2, 0) is 7.05 Å². The monoisotopic (exact) mass is 258 g/mol. The first-order valence-corrected chi connectivity index (χ1v) is 6.96. The van der Waals surface area contributed by atoms with Crippen LogP contribution in [-0.4, -0.2) is 0 Å². The van der Waals surface area contributed by atoms with Gasteiger partial charge in [-0.2, -0.15) is 4.57 Å². The van der Waals surface area contributed by atoms with Crippen molar-refractivity contribution in [3.63, 3.8) is 0 Å². The topological polar surface area (TPSA) is 3.88 Å². The van der Waals surface area contributed by atoms with Crippen molar-refractivity contribution < 1.29 is 4.57 Å². The first-order chi connectivity index (χ1) is 9.77. The van der Waals surface area contributed by atoms with Gasteiger partial charge in [-0.1, -0.05) is 36.4 Å². The van der Waals surface area contributed by atoms with Gasteiger partial charge in [-0.25, -0.2) is 0 Å². The summed E-state index contributed by atoms with van der Waals surface area (Å²) in [4.78, 5) is 0. The van der Waals surface area contributed by atoms with Crippen molar-refractivity contribution in [2.24, 2.45) is 7.05 Å². The summed E-state index contributed by atoms with van der Waals surface area (Å²) in [6.45, 7) is 2.23. The fourth-order valence-corrected chi connectivity index (χ4v) is 3.28. The summed E-state index contributed by atoms with van der Waals surface area (Å²) in [6, 6.07) is 21.7. The molecule has 0 radical (unpaired) electrons. The number of aromatic nitrogens is 1. The summed E-state index contributed by atoms with van der Waals surface area (Å²) in [7, 11) is 2.15. The molecule has 4 aromatic rings. The van der Waals surface area contributed by atoms with Crippen molar-refractivity contribution >= 4 is 32.6 Å². The number of fused-ring (bicyclic) bond motifs is 4. The number of nitrogens with zero attached hydrogens (tertiary/aromatic N) is 1. The average molecular weight is 258 g/mol. The number of benzene rings is 3. The number of pyridine rings is 1. The maximum absolute atomic E-state index is 2.30. The third-order valence-electron chi connectivity index (χ3n) is 4.31. The maximum Gasteiger partial charge on any atom is 0.213 e. The molecule has 0 saturated carbocycles. The van der Waals surface area contributed by atoms with Gasteiger partial charge in [-0.15, -0.1) is 0 Å². The van der Waals surface area contributed by atoms with Crippen LogP contribution in [0.25, 0.3) is 32.6 Å². The number of hydrogen-bond acceptors (Lipinski definition) is 0. The predicted molar refractivity (Wildman–Crippen MR) is 84.9 cm³/mol. The van der Waals surface area contributed by atoms with Crippen molar-refractivity contribution in [3.05, 3.63) is 66.2 Å². The first kappa shape index (κ1) is 11.4. The molecule has 0 saturated heterocycles. The van der Waals surface area contributed by atoms with E-state index in [2.05, 4.69) is 79.2 Å². The minimum Gasteiger partial charge on any atom is -0.194 e. The average Bonchev–Trinajstić information content (AvgIpc) is 2.51. The molecule has 0 N–H and O–H groups in total. The number of aryl methyl sites for hydroxylation is 2. The van der Waals surface area contributed by atoms with Crippen LogP contribution in [0.5, 0.6) is 0 Å². The van der Waals surface area contributed by atoms with Gasteiger partial charge < -0.3 is 0 Å². The van der Waals surface area contributed by atoms with Crippen molar-refractivity contribution in [1.82, 2.24) is 0 Å². The fraction of sp³-hybridized carbons (Fsp3) is 0.105. The molecule has 0 spiro atoms. The third-order valence-corrected chi connectivity index (χ3v) is 4.31. The zero-order valence-corrected chi connectivity index (χ0v) is 11.7. The minimum atomic E-state index is 1.28. The molecule has 0 aliphatic rings. The molecule has 1 aromatic heterocycles.